The average molecular weight is 219 g/mol. The van der Waals surface area contributed by atoms with Gasteiger partial charge in [0.25, 0.3) is 0 Å². The molecule has 1 aliphatic rings. The maximum Gasteiger partial charge on any atom is 0.125 e. The Morgan fingerprint density at radius 3 is 3.00 bits per heavy atom. The van der Waals surface area contributed by atoms with E-state index in [1.165, 1.54) is 12.1 Å². The first kappa shape index (κ1) is 11.1. The molecule has 0 spiro atoms. The first-order chi connectivity index (χ1) is 7.72. The molecule has 16 heavy (non-hydrogen) atoms. The number of nitrogens with one attached hydrogen (secondary N) is 1. The molecule has 0 aliphatic carbocycles. The lowest BCUT2D eigenvalue weighted by Crippen LogP contribution is -2.29. The minimum atomic E-state index is -0.242. The molecule has 1 aromatic carbocycles. The molecule has 1 aliphatic heterocycles. The second-order valence-electron chi connectivity index (χ2n) is 4.12. The number of piperidine rings is 1. The van der Waals surface area contributed by atoms with Crippen molar-refractivity contribution in [2.24, 2.45) is 0 Å². The molecule has 1 atom stereocenters. The lowest BCUT2D eigenvalue weighted by atomic mass is 9.90. The van der Waals surface area contributed by atoms with Gasteiger partial charge in [-0.2, -0.15) is 0 Å². The standard InChI is InChI=1S/C13H14FNO/c1-9-7-11(14)4-5-12(9)13-10(8-16)3-2-6-15-13/h4-5,7,13,15H,2-3,6H2,1H3. The fraction of sp³-hybridized carbons (Fsp3) is 0.385. The van der Waals surface area contributed by atoms with Gasteiger partial charge in [0.1, 0.15) is 11.8 Å². The van der Waals surface area contributed by atoms with Crippen molar-refractivity contribution in [2.45, 2.75) is 25.8 Å². The maximum atomic E-state index is 13.0. The molecule has 0 radical (unpaired) electrons. The van der Waals surface area contributed by atoms with Crippen LogP contribution in [0.3, 0.4) is 0 Å². The van der Waals surface area contributed by atoms with E-state index in [2.05, 4.69) is 5.32 Å². The summed E-state index contributed by atoms with van der Waals surface area (Å²) < 4.78 is 13.0. The number of rotatable bonds is 1. The summed E-state index contributed by atoms with van der Waals surface area (Å²) in [6.45, 7) is 2.74. The van der Waals surface area contributed by atoms with Crippen LogP contribution in [0.1, 0.15) is 30.0 Å². The summed E-state index contributed by atoms with van der Waals surface area (Å²) in [7, 11) is 0. The van der Waals surface area contributed by atoms with Crippen LogP contribution in [0, 0.1) is 12.7 Å². The zero-order valence-electron chi connectivity index (χ0n) is 9.22. The largest absolute Gasteiger partial charge is 0.306 e. The Hall–Kier alpha value is -1.44. The van der Waals surface area contributed by atoms with E-state index >= 15 is 0 Å². The van der Waals surface area contributed by atoms with E-state index in [-0.39, 0.29) is 11.9 Å². The highest BCUT2D eigenvalue weighted by Gasteiger charge is 2.22. The molecule has 84 valence electrons. The third-order valence-corrected chi connectivity index (χ3v) is 2.99. The van der Waals surface area contributed by atoms with Crippen molar-refractivity contribution in [3.8, 4) is 0 Å². The van der Waals surface area contributed by atoms with Crippen molar-refractivity contribution in [1.82, 2.24) is 5.32 Å². The lowest BCUT2D eigenvalue weighted by molar-refractivity contribution is 0.496. The number of aryl methyl sites for hydroxylation is 1. The highest BCUT2D eigenvalue weighted by molar-refractivity contribution is 5.57. The SMILES string of the molecule is Cc1cc(F)ccc1C1NCCCC1=C=O. The van der Waals surface area contributed by atoms with Crippen LogP contribution >= 0.6 is 0 Å². The first-order valence-electron chi connectivity index (χ1n) is 5.45. The number of hydrogen-bond acceptors (Lipinski definition) is 2. The van der Waals surface area contributed by atoms with Crippen molar-refractivity contribution < 1.29 is 9.18 Å². The lowest BCUT2D eigenvalue weighted by Gasteiger charge is -2.26. The van der Waals surface area contributed by atoms with Crippen molar-refractivity contribution in [3.63, 3.8) is 0 Å². The quantitative estimate of drug-likeness (QED) is 0.734. The Balaban J connectivity index is 2.38. The van der Waals surface area contributed by atoms with Gasteiger partial charge in [-0.1, -0.05) is 6.07 Å². The topological polar surface area (TPSA) is 29.1 Å². The normalized spacial score (nSPS) is 20.6. The van der Waals surface area contributed by atoms with Crippen LogP contribution in [0.15, 0.2) is 23.8 Å². The Morgan fingerprint density at radius 1 is 1.50 bits per heavy atom. The van der Waals surface area contributed by atoms with E-state index in [1.54, 1.807) is 6.07 Å². The van der Waals surface area contributed by atoms with Gasteiger partial charge < -0.3 is 5.32 Å². The molecule has 1 N–H and O–H groups in total. The molecule has 0 aromatic heterocycles. The molecule has 2 nitrogen and oxygen atoms in total. The second kappa shape index (κ2) is 4.60. The zero-order valence-corrected chi connectivity index (χ0v) is 9.22. The molecule has 0 bridgehead atoms. The number of benzene rings is 1. The van der Waals surface area contributed by atoms with Crippen LogP contribution in [-0.4, -0.2) is 12.5 Å². The van der Waals surface area contributed by atoms with E-state index in [4.69, 9.17) is 0 Å². The van der Waals surface area contributed by atoms with Crippen LogP contribution in [0.2, 0.25) is 0 Å². The summed E-state index contributed by atoms with van der Waals surface area (Å²) in [5, 5.41) is 3.27. The molecular weight excluding hydrogens is 205 g/mol. The molecule has 1 fully saturated rings. The summed E-state index contributed by atoms with van der Waals surface area (Å²) in [6, 6.07) is 4.58. The summed E-state index contributed by atoms with van der Waals surface area (Å²) >= 11 is 0. The smallest absolute Gasteiger partial charge is 0.125 e. The fourth-order valence-corrected chi connectivity index (χ4v) is 2.16. The summed E-state index contributed by atoms with van der Waals surface area (Å²) in [6.07, 6.45) is 1.74. The molecule has 1 saturated heterocycles. The molecule has 1 heterocycles. The monoisotopic (exact) mass is 219 g/mol. The maximum absolute atomic E-state index is 13.0. The van der Waals surface area contributed by atoms with Crippen LogP contribution in [0.5, 0.6) is 0 Å². The molecule has 1 aromatic rings. The summed E-state index contributed by atoms with van der Waals surface area (Å²) in [4.78, 5) is 10.8. The van der Waals surface area contributed by atoms with Gasteiger partial charge in [-0.15, -0.1) is 0 Å². The van der Waals surface area contributed by atoms with Crippen molar-refractivity contribution in [1.29, 1.82) is 0 Å². The Bertz CT molecular complexity index is 449. The van der Waals surface area contributed by atoms with Crippen LogP contribution in [-0.2, 0) is 4.79 Å². The van der Waals surface area contributed by atoms with Gasteiger partial charge in [-0.25, -0.2) is 9.18 Å². The second-order valence-corrected chi connectivity index (χ2v) is 4.12. The average Bonchev–Trinajstić information content (AvgIpc) is 2.29. The van der Waals surface area contributed by atoms with Crippen LogP contribution < -0.4 is 5.32 Å². The molecule has 2 rings (SSSR count). The molecule has 3 heteroatoms. The van der Waals surface area contributed by atoms with Crippen LogP contribution in [0.25, 0.3) is 0 Å². The fourth-order valence-electron chi connectivity index (χ4n) is 2.16. The van der Waals surface area contributed by atoms with Gasteiger partial charge in [-0.3, -0.25) is 0 Å². The predicted octanol–water partition coefficient (Wildman–Crippen LogP) is 2.32. The third kappa shape index (κ3) is 2.06. The third-order valence-electron chi connectivity index (χ3n) is 2.99. The van der Waals surface area contributed by atoms with Gasteiger partial charge in [0.2, 0.25) is 0 Å². The van der Waals surface area contributed by atoms with Crippen molar-refractivity contribution in [2.75, 3.05) is 6.54 Å². The Kier molecular flexibility index (Phi) is 3.18. The number of carbonyl (C=O) groups excluding carboxylic acids is 1. The minimum Gasteiger partial charge on any atom is -0.306 e. The van der Waals surface area contributed by atoms with Crippen molar-refractivity contribution in [3.05, 3.63) is 40.7 Å². The Labute approximate surface area is 94.2 Å². The van der Waals surface area contributed by atoms with E-state index in [9.17, 15) is 9.18 Å². The number of hydrogen-bond donors (Lipinski definition) is 1. The molecule has 0 saturated carbocycles. The number of halogens is 1. The van der Waals surface area contributed by atoms with Crippen LogP contribution in [0.4, 0.5) is 4.39 Å². The summed E-state index contributed by atoms with van der Waals surface area (Å²) in [5.41, 5.74) is 2.58. The predicted molar refractivity (Wildman–Crippen MR) is 60.3 cm³/mol. The highest BCUT2D eigenvalue weighted by atomic mass is 19.1. The van der Waals surface area contributed by atoms with E-state index in [1.807, 2.05) is 12.9 Å². The van der Waals surface area contributed by atoms with Gasteiger partial charge in [0.15, 0.2) is 0 Å². The van der Waals surface area contributed by atoms with Gasteiger partial charge in [-0.05, 0) is 49.6 Å². The molecule has 0 amide bonds. The molecule has 1 unspecified atom stereocenters. The Morgan fingerprint density at radius 2 is 2.31 bits per heavy atom. The molecular formula is C13H14FNO. The van der Waals surface area contributed by atoms with Gasteiger partial charge >= 0.3 is 0 Å². The van der Waals surface area contributed by atoms with E-state index < -0.39 is 0 Å². The first-order valence-corrected chi connectivity index (χ1v) is 5.45. The van der Waals surface area contributed by atoms with Crippen molar-refractivity contribution >= 4 is 5.94 Å². The highest BCUT2D eigenvalue weighted by Crippen LogP contribution is 2.29. The van der Waals surface area contributed by atoms with Gasteiger partial charge in [0, 0.05) is 5.57 Å². The van der Waals surface area contributed by atoms with Gasteiger partial charge in [0.05, 0.1) is 6.04 Å². The zero-order chi connectivity index (χ0) is 11.5. The van der Waals surface area contributed by atoms with E-state index in [0.717, 1.165) is 36.1 Å². The minimum absolute atomic E-state index is 0.0909. The summed E-state index contributed by atoms with van der Waals surface area (Å²) in [5.74, 6) is 1.76. The van der Waals surface area contributed by atoms with E-state index in [0.29, 0.717) is 0 Å².